The summed E-state index contributed by atoms with van der Waals surface area (Å²) in [5.41, 5.74) is 0.277. The molecule has 0 aliphatic rings. The molecule has 0 aliphatic carbocycles. The lowest BCUT2D eigenvalue weighted by Gasteiger charge is -2.27. The minimum Gasteiger partial charge on any atom is -0.315 e. The van der Waals surface area contributed by atoms with Crippen molar-refractivity contribution in [2.45, 2.75) is 37.1 Å². The van der Waals surface area contributed by atoms with Crippen LogP contribution in [0.3, 0.4) is 0 Å². The monoisotopic (exact) mass is 301 g/mol. The molecule has 16 heavy (non-hydrogen) atoms. The van der Waals surface area contributed by atoms with Crippen LogP contribution < -0.4 is 5.32 Å². The van der Waals surface area contributed by atoms with Gasteiger partial charge in [-0.3, -0.25) is 0 Å². The molecule has 1 aromatic carbocycles. The number of rotatable bonds is 6. The second-order valence-corrected chi connectivity index (χ2v) is 6.30. The predicted molar refractivity (Wildman–Crippen MR) is 77.2 cm³/mol. The third-order valence-electron chi connectivity index (χ3n) is 3.10. The van der Waals surface area contributed by atoms with E-state index in [2.05, 4.69) is 59.4 Å². The van der Waals surface area contributed by atoms with Gasteiger partial charge in [0.1, 0.15) is 0 Å². The van der Waals surface area contributed by atoms with E-state index in [0.29, 0.717) is 0 Å². The van der Waals surface area contributed by atoms with Crippen molar-refractivity contribution < 1.29 is 0 Å². The normalized spacial score (nSPS) is 14.8. The van der Waals surface area contributed by atoms with Gasteiger partial charge in [0.25, 0.3) is 0 Å². The average Bonchev–Trinajstić information content (AvgIpc) is 2.29. The van der Waals surface area contributed by atoms with Crippen molar-refractivity contribution in [1.82, 2.24) is 5.32 Å². The highest BCUT2D eigenvalue weighted by atomic mass is 79.9. The summed E-state index contributed by atoms with van der Waals surface area (Å²) in [5, 5.41) is 3.40. The van der Waals surface area contributed by atoms with E-state index >= 15 is 0 Å². The Bertz CT molecular complexity index is 323. The van der Waals surface area contributed by atoms with Crippen molar-refractivity contribution in [3.8, 4) is 0 Å². The van der Waals surface area contributed by atoms with Crippen molar-refractivity contribution in [3.05, 3.63) is 28.7 Å². The van der Waals surface area contributed by atoms with Gasteiger partial charge in [-0.05, 0) is 50.8 Å². The Labute approximate surface area is 112 Å². The van der Waals surface area contributed by atoms with Gasteiger partial charge >= 0.3 is 0 Å². The first-order valence-electron chi connectivity index (χ1n) is 5.67. The van der Waals surface area contributed by atoms with Crippen molar-refractivity contribution in [2.75, 3.05) is 12.8 Å². The summed E-state index contributed by atoms with van der Waals surface area (Å²) in [6.45, 7) is 4.52. The molecule has 1 aromatic rings. The summed E-state index contributed by atoms with van der Waals surface area (Å²) in [4.78, 5) is 1.34. The standard InChI is InChI=1S/C13H20BrNS/c1-4-13(2,15-3)8-9-16-12-7-5-6-11(14)10-12/h5-7,10,15H,4,8-9H2,1-3H3. The maximum Gasteiger partial charge on any atom is 0.0186 e. The Morgan fingerprint density at radius 1 is 1.44 bits per heavy atom. The molecule has 1 N–H and O–H groups in total. The maximum atomic E-state index is 3.50. The molecule has 1 atom stereocenters. The minimum atomic E-state index is 0.277. The topological polar surface area (TPSA) is 12.0 Å². The lowest BCUT2D eigenvalue weighted by Crippen LogP contribution is -2.39. The zero-order chi connectivity index (χ0) is 12.0. The van der Waals surface area contributed by atoms with Crippen molar-refractivity contribution in [1.29, 1.82) is 0 Å². The second-order valence-electron chi connectivity index (χ2n) is 4.22. The zero-order valence-corrected chi connectivity index (χ0v) is 12.6. The van der Waals surface area contributed by atoms with E-state index in [0.717, 1.165) is 10.2 Å². The van der Waals surface area contributed by atoms with Crippen molar-refractivity contribution in [2.24, 2.45) is 0 Å². The van der Waals surface area contributed by atoms with E-state index in [1.165, 1.54) is 17.7 Å². The Morgan fingerprint density at radius 2 is 2.19 bits per heavy atom. The number of halogens is 1. The van der Waals surface area contributed by atoms with Gasteiger partial charge in [0, 0.05) is 14.9 Å². The molecule has 0 heterocycles. The molecule has 0 saturated carbocycles. The molecular formula is C13H20BrNS. The summed E-state index contributed by atoms with van der Waals surface area (Å²) in [7, 11) is 2.05. The highest BCUT2D eigenvalue weighted by Crippen LogP contribution is 2.25. The van der Waals surface area contributed by atoms with E-state index in [-0.39, 0.29) is 5.54 Å². The Hall–Kier alpha value is 0.01000. The van der Waals surface area contributed by atoms with Gasteiger partial charge in [-0.15, -0.1) is 11.8 Å². The number of hydrogen-bond donors (Lipinski definition) is 1. The summed E-state index contributed by atoms with van der Waals surface area (Å²) in [6.07, 6.45) is 2.36. The van der Waals surface area contributed by atoms with Crippen LogP contribution in [0.5, 0.6) is 0 Å². The second kappa shape index (κ2) is 6.67. The smallest absolute Gasteiger partial charge is 0.0186 e. The van der Waals surface area contributed by atoms with Crippen molar-refractivity contribution in [3.63, 3.8) is 0 Å². The van der Waals surface area contributed by atoms with Gasteiger partial charge in [0.15, 0.2) is 0 Å². The number of thioether (sulfide) groups is 1. The summed E-state index contributed by atoms with van der Waals surface area (Å²) >= 11 is 5.42. The molecule has 3 heteroatoms. The molecule has 1 rings (SSSR count). The third-order valence-corrected chi connectivity index (χ3v) is 4.59. The zero-order valence-electron chi connectivity index (χ0n) is 10.2. The van der Waals surface area contributed by atoms with Crippen LogP contribution in [0.2, 0.25) is 0 Å². The summed E-state index contributed by atoms with van der Waals surface area (Å²) in [6, 6.07) is 8.49. The van der Waals surface area contributed by atoms with Crippen molar-refractivity contribution >= 4 is 27.7 Å². The highest BCUT2D eigenvalue weighted by molar-refractivity contribution is 9.10. The van der Waals surface area contributed by atoms with Gasteiger partial charge < -0.3 is 5.32 Å². The van der Waals surface area contributed by atoms with Crippen LogP contribution in [0, 0.1) is 0 Å². The van der Waals surface area contributed by atoms with E-state index in [4.69, 9.17) is 0 Å². The fourth-order valence-electron chi connectivity index (χ4n) is 1.43. The molecule has 0 amide bonds. The molecule has 90 valence electrons. The first-order valence-corrected chi connectivity index (χ1v) is 7.45. The molecule has 0 saturated heterocycles. The van der Waals surface area contributed by atoms with E-state index in [9.17, 15) is 0 Å². The third kappa shape index (κ3) is 4.48. The minimum absolute atomic E-state index is 0.277. The van der Waals surface area contributed by atoms with Crippen LogP contribution in [0.1, 0.15) is 26.7 Å². The lowest BCUT2D eigenvalue weighted by molar-refractivity contribution is 0.362. The quantitative estimate of drug-likeness (QED) is 0.785. The van der Waals surface area contributed by atoms with Gasteiger partial charge in [-0.25, -0.2) is 0 Å². The van der Waals surface area contributed by atoms with Crippen LogP contribution in [-0.4, -0.2) is 18.3 Å². The van der Waals surface area contributed by atoms with Gasteiger partial charge in [0.05, 0.1) is 0 Å². The maximum absolute atomic E-state index is 3.50. The predicted octanol–water partition coefficient (Wildman–Crippen LogP) is 4.32. The molecule has 0 spiro atoms. The highest BCUT2D eigenvalue weighted by Gasteiger charge is 2.18. The molecule has 0 radical (unpaired) electrons. The summed E-state index contributed by atoms with van der Waals surface area (Å²) < 4.78 is 1.16. The largest absolute Gasteiger partial charge is 0.315 e. The Morgan fingerprint density at radius 3 is 2.75 bits per heavy atom. The van der Waals surface area contributed by atoms with Gasteiger partial charge in [-0.2, -0.15) is 0 Å². The molecular weight excluding hydrogens is 282 g/mol. The SMILES string of the molecule is CCC(C)(CCSc1cccc(Br)c1)NC. The molecule has 1 nitrogen and oxygen atoms in total. The van der Waals surface area contributed by atoms with E-state index in [1.54, 1.807) is 0 Å². The molecule has 1 unspecified atom stereocenters. The van der Waals surface area contributed by atoms with Gasteiger partial charge in [0.2, 0.25) is 0 Å². The van der Waals surface area contributed by atoms with Crippen LogP contribution >= 0.6 is 27.7 Å². The molecule has 0 fully saturated rings. The Balaban J connectivity index is 2.41. The van der Waals surface area contributed by atoms with E-state index in [1.807, 2.05) is 18.8 Å². The first-order chi connectivity index (χ1) is 7.59. The molecule has 0 aliphatic heterocycles. The fraction of sp³-hybridized carbons (Fsp3) is 0.538. The first kappa shape index (κ1) is 14.1. The Kier molecular flexibility index (Phi) is 5.87. The van der Waals surface area contributed by atoms with Crippen LogP contribution in [0.4, 0.5) is 0 Å². The van der Waals surface area contributed by atoms with Crippen LogP contribution in [-0.2, 0) is 0 Å². The fourth-order valence-corrected chi connectivity index (χ4v) is 3.15. The summed E-state index contributed by atoms with van der Waals surface area (Å²) in [5.74, 6) is 1.15. The number of benzene rings is 1. The van der Waals surface area contributed by atoms with E-state index < -0.39 is 0 Å². The molecule has 0 aromatic heterocycles. The van der Waals surface area contributed by atoms with Crippen LogP contribution in [0.25, 0.3) is 0 Å². The molecule has 0 bridgehead atoms. The van der Waals surface area contributed by atoms with Gasteiger partial charge in [-0.1, -0.05) is 28.9 Å². The number of nitrogens with one attached hydrogen (secondary N) is 1. The van der Waals surface area contributed by atoms with Crippen LogP contribution in [0.15, 0.2) is 33.6 Å². The number of hydrogen-bond acceptors (Lipinski definition) is 2. The average molecular weight is 302 g/mol. The lowest BCUT2D eigenvalue weighted by atomic mass is 9.96.